The summed E-state index contributed by atoms with van der Waals surface area (Å²) in [6.45, 7) is 5.52. The molecule has 0 fully saturated rings. The van der Waals surface area contributed by atoms with Crippen molar-refractivity contribution in [3.63, 3.8) is 0 Å². The van der Waals surface area contributed by atoms with Gasteiger partial charge in [0.25, 0.3) is 0 Å². The van der Waals surface area contributed by atoms with Crippen molar-refractivity contribution in [2.75, 3.05) is 17.3 Å². The number of ether oxygens (including phenoxy) is 2. The van der Waals surface area contributed by atoms with E-state index in [-0.39, 0.29) is 0 Å². The van der Waals surface area contributed by atoms with Crippen LogP contribution in [0.3, 0.4) is 0 Å². The van der Waals surface area contributed by atoms with Crippen LogP contribution in [0.25, 0.3) is 0 Å². The molecule has 0 aliphatic carbocycles. The lowest BCUT2D eigenvalue weighted by Crippen LogP contribution is -2.34. The second-order valence-corrected chi connectivity index (χ2v) is 10.0. The Balaban J connectivity index is 1.40. The third-order valence-corrected chi connectivity index (χ3v) is 5.78. The molecule has 0 radical (unpaired) electrons. The first-order valence-corrected chi connectivity index (χ1v) is 12.2. The van der Waals surface area contributed by atoms with E-state index in [1.807, 2.05) is 106 Å². The number of hydrogen-bond donors (Lipinski definition) is 1. The van der Waals surface area contributed by atoms with Gasteiger partial charge in [-0.2, -0.15) is 0 Å². The van der Waals surface area contributed by atoms with Crippen LogP contribution in [-0.2, 0) is 4.74 Å². The van der Waals surface area contributed by atoms with Gasteiger partial charge in [-0.15, -0.1) is 0 Å². The Bertz CT molecular complexity index is 1310. The van der Waals surface area contributed by atoms with Gasteiger partial charge in [0.05, 0.1) is 0 Å². The number of anilines is 3. The smallest absolute Gasteiger partial charge is 0.414 e. The van der Waals surface area contributed by atoms with E-state index in [1.165, 1.54) is 23.0 Å². The minimum Gasteiger partial charge on any atom is -0.457 e. The Morgan fingerprint density at radius 1 is 0.889 bits per heavy atom. The lowest BCUT2D eigenvalue weighted by molar-refractivity contribution is 0.0589. The number of benzene rings is 3. The van der Waals surface area contributed by atoms with Gasteiger partial charge in [-0.1, -0.05) is 36.0 Å². The number of carbonyl (C=O) groups is 1. The fourth-order valence-electron chi connectivity index (χ4n) is 3.16. The van der Waals surface area contributed by atoms with Gasteiger partial charge in [-0.25, -0.2) is 14.8 Å². The van der Waals surface area contributed by atoms with E-state index in [1.54, 1.807) is 7.05 Å². The molecule has 4 aromatic rings. The summed E-state index contributed by atoms with van der Waals surface area (Å²) in [6.07, 6.45) is 1.11. The average Bonchev–Trinajstić information content (AvgIpc) is 2.85. The van der Waals surface area contributed by atoms with Crippen molar-refractivity contribution >= 4 is 35.0 Å². The van der Waals surface area contributed by atoms with Gasteiger partial charge in [-0.3, -0.25) is 4.90 Å². The number of para-hydroxylation sites is 1. The number of carbonyl (C=O) groups excluding carboxylic acids is 1. The van der Waals surface area contributed by atoms with Crippen LogP contribution in [0.1, 0.15) is 20.8 Å². The Morgan fingerprint density at radius 2 is 1.61 bits per heavy atom. The SMILES string of the molecule is CN(C(=O)OC(C)(C)C)c1cccc(Nc2cc(Sc3ccc(Oc4ccccc4)cc3)ncn2)c1. The molecule has 0 saturated heterocycles. The highest BCUT2D eigenvalue weighted by molar-refractivity contribution is 7.99. The molecular formula is C28H28N4O3S. The normalized spacial score (nSPS) is 11.0. The lowest BCUT2D eigenvalue weighted by Gasteiger charge is -2.25. The van der Waals surface area contributed by atoms with E-state index in [0.29, 0.717) is 11.5 Å². The van der Waals surface area contributed by atoms with Crippen molar-refractivity contribution in [2.24, 2.45) is 0 Å². The van der Waals surface area contributed by atoms with Crippen molar-refractivity contribution in [3.8, 4) is 11.5 Å². The molecule has 184 valence electrons. The zero-order valence-corrected chi connectivity index (χ0v) is 21.5. The van der Waals surface area contributed by atoms with Crippen LogP contribution in [0.4, 0.5) is 22.0 Å². The second-order valence-electron chi connectivity index (χ2n) is 8.94. The number of amides is 1. The van der Waals surface area contributed by atoms with Gasteiger partial charge < -0.3 is 14.8 Å². The third kappa shape index (κ3) is 7.23. The van der Waals surface area contributed by atoms with Crippen LogP contribution in [0.15, 0.2) is 101 Å². The highest BCUT2D eigenvalue weighted by atomic mass is 32.2. The average molecular weight is 501 g/mol. The molecular weight excluding hydrogens is 472 g/mol. The molecule has 0 unspecified atom stereocenters. The van der Waals surface area contributed by atoms with Crippen molar-refractivity contribution in [1.82, 2.24) is 9.97 Å². The highest BCUT2D eigenvalue weighted by Crippen LogP contribution is 2.31. The van der Waals surface area contributed by atoms with Crippen molar-refractivity contribution in [2.45, 2.75) is 36.3 Å². The van der Waals surface area contributed by atoms with Gasteiger partial charge in [0.15, 0.2) is 0 Å². The molecule has 0 bridgehead atoms. The zero-order chi connectivity index (χ0) is 25.5. The first-order valence-electron chi connectivity index (χ1n) is 11.4. The van der Waals surface area contributed by atoms with E-state index in [0.717, 1.165) is 27.1 Å². The second kappa shape index (κ2) is 11.1. The maximum absolute atomic E-state index is 12.4. The standard InChI is InChI=1S/C28H28N4O3S/c1-28(2,3)35-27(33)32(4)21-10-8-9-20(17-21)31-25-18-26(30-19-29-25)36-24-15-13-23(14-16-24)34-22-11-6-5-7-12-22/h5-19H,1-4H3,(H,29,30,31). The van der Waals surface area contributed by atoms with E-state index in [9.17, 15) is 4.79 Å². The van der Waals surface area contributed by atoms with Gasteiger partial charge in [0.2, 0.25) is 0 Å². The summed E-state index contributed by atoms with van der Waals surface area (Å²) < 4.78 is 11.3. The molecule has 7 nitrogen and oxygen atoms in total. The molecule has 36 heavy (non-hydrogen) atoms. The van der Waals surface area contributed by atoms with Gasteiger partial charge in [0, 0.05) is 29.4 Å². The lowest BCUT2D eigenvalue weighted by atomic mass is 10.2. The van der Waals surface area contributed by atoms with Crippen molar-refractivity contribution < 1.29 is 14.3 Å². The molecule has 8 heteroatoms. The largest absolute Gasteiger partial charge is 0.457 e. The highest BCUT2D eigenvalue weighted by Gasteiger charge is 2.20. The maximum Gasteiger partial charge on any atom is 0.414 e. The van der Waals surface area contributed by atoms with Crippen LogP contribution >= 0.6 is 11.8 Å². The molecule has 3 aromatic carbocycles. The molecule has 1 aromatic heterocycles. The minimum atomic E-state index is -0.564. The predicted octanol–water partition coefficient (Wildman–Crippen LogP) is 7.54. The minimum absolute atomic E-state index is 0.416. The molecule has 0 spiro atoms. The maximum atomic E-state index is 12.4. The Morgan fingerprint density at radius 3 is 2.33 bits per heavy atom. The summed E-state index contributed by atoms with van der Waals surface area (Å²) in [5, 5.41) is 4.08. The fraction of sp³-hybridized carbons (Fsp3) is 0.179. The monoisotopic (exact) mass is 500 g/mol. The van der Waals surface area contributed by atoms with Gasteiger partial charge >= 0.3 is 6.09 Å². The summed E-state index contributed by atoms with van der Waals surface area (Å²) in [5.41, 5.74) is 0.932. The van der Waals surface area contributed by atoms with E-state index < -0.39 is 11.7 Å². The topological polar surface area (TPSA) is 76.6 Å². The number of nitrogens with one attached hydrogen (secondary N) is 1. The number of aromatic nitrogens is 2. The van der Waals surface area contributed by atoms with E-state index in [2.05, 4.69) is 15.3 Å². The Labute approximate surface area is 215 Å². The number of hydrogen-bond acceptors (Lipinski definition) is 7. The van der Waals surface area contributed by atoms with Crippen molar-refractivity contribution in [1.29, 1.82) is 0 Å². The first-order chi connectivity index (χ1) is 17.2. The molecule has 4 rings (SSSR count). The van der Waals surface area contributed by atoms with E-state index >= 15 is 0 Å². The van der Waals surface area contributed by atoms with Crippen molar-refractivity contribution in [3.05, 3.63) is 91.3 Å². The molecule has 0 atom stereocenters. The predicted molar refractivity (Wildman–Crippen MR) is 143 cm³/mol. The summed E-state index contributed by atoms with van der Waals surface area (Å²) in [5.74, 6) is 2.21. The third-order valence-electron chi connectivity index (χ3n) is 4.84. The summed E-state index contributed by atoms with van der Waals surface area (Å²) in [6, 6.07) is 26.9. The molecule has 1 N–H and O–H groups in total. The molecule has 1 heterocycles. The van der Waals surface area contributed by atoms with Gasteiger partial charge in [0.1, 0.15) is 34.3 Å². The molecule has 0 aliphatic heterocycles. The van der Waals surface area contributed by atoms with Gasteiger partial charge in [-0.05, 0) is 75.4 Å². The number of rotatable bonds is 7. The Kier molecular flexibility index (Phi) is 7.75. The van der Waals surface area contributed by atoms with Crippen LogP contribution in [0.2, 0.25) is 0 Å². The summed E-state index contributed by atoms with van der Waals surface area (Å²) >= 11 is 1.53. The molecule has 0 aliphatic rings. The van der Waals surface area contributed by atoms with Crippen LogP contribution in [0, 0.1) is 0 Å². The zero-order valence-electron chi connectivity index (χ0n) is 20.6. The van der Waals surface area contributed by atoms with Crippen LogP contribution in [0.5, 0.6) is 11.5 Å². The fourth-order valence-corrected chi connectivity index (χ4v) is 3.94. The summed E-state index contributed by atoms with van der Waals surface area (Å²) in [4.78, 5) is 23.6. The number of nitrogens with zero attached hydrogens (tertiary/aromatic N) is 3. The van der Waals surface area contributed by atoms with Crippen LogP contribution in [-0.4, -0.2) is 28.7 Å². The van der Waals surface area contributed by atoms with E-state index in [4.69, 9.17) is 9.47 Å². The molecule has 0 saturated carbocycles. The summed E-state index contributed by atoms with van der Waals surface area (Å²) in [7, 11) is 1.68. The quantitative estimate of drug-likeness (QED) is 0.263. The Hall–Kier alpha value is -4.04. The van der Waals surface area contributed by atoms with Crippen LogP contribution < -0.4 is 15.0 Å². The first kappa shape index (κ1) is 25.1. The molecule has 1 amide bonds.